The first-order chi connectivity index (χ1) is 14.3. The first-order valence-electron chi connectivity index (χ1n) is 12.6. The van der Waals surface area contributed by atoms with E-state index in [1.165, 1.54) is 63.4 Å². The van der Waals surface area contributed by atoms with Crippen LogP contribution in [0.3, 0.4) is 0 Å². The molecule has 30 heavy (non-hydrogen) atoms. The van der Waals surface area contributed by atoms with E-state index in [2.05, 4.69) is 71.1 Å². The maximum absolute atomic E-state index is 6.43. The molecule has 0 radical (unpaired) electrons. The molecule has 0 aliphatic rings. The second kappa shape index (κ2) is 15.2. The molecule has 1 atom stereocenters. The lowest BCUT2D eigenvalue weighted by molar-refractivity contribution is 0.0185. The molecule has 174 valence electrons. The Bertz CT molecular complexity index is 521. The standard InChI is InChI=1S/C27H50O2Si/c1-7-8-9-10-11-12-13-14-18-21-26(28-24-25-19-16-15-17-20-25)22-23-29-30(5,6)27(2,3)4/h15-17,19-20,26H,7-14,18,21-24H2,1-6H3/t26-/m1/s1. The van der Waals surface area contributed by atoms with Crippen LogP contribution in [0.1, 0.15) is 104 Å². The topological polar surface area (TPSA) is 18.5 Å². The van der Waals surface area contributed by atoms with Crippen molar-refractivity contribution >= 4 is 8.32 Å². The molecule has 2 nitrogen and oxygen atoms in total. The van der Waals surface area contributed by atoms with Crippen molar-refractivity contribution in [2.75, 3.05) is 6.61 Å². The smallest absolute Gasteiger partial charge is 0.191 e. The second-order valence-electron chi connectivity index (χ2n) is 10.4. The predicted molar refractivity (Wildman–Crippen MR) is 135 cm³/mol. The fourth-order valence-corrected chi connectivity index (χ4v) is 4.51. The summed E-state index contributed by atoms with van der Waals surface area (Å²) in [4.78, 5) is 0. The van der Waals surface area contributed by atoms with E-state index in [4.69, 9.17) is 9.16 Å². The van der Waals surface area contributed by atoms with E-state index in [1.54, 1.807) is 0 Å². The van der Waals surface area contributed by atoms with Crippen LogP contribution in [0.4, 0.5) is 0 Å². The van der Waals surface area contributed by atoms with E-state index in [0.29, 0.717) is 12.7 Å². The van der Waals surface area contributed by atoms with Crippen LogP contribution in [0.2, 0.25) is 18.1 Å². The zero-order valence-corrected chi connectivity index (χ0v) is 22.0. The fourth-order valence-electron chi connectivity index (χ4n) is 3.44. The third-order valence-electron chi connectivity index (χ3n) is 6.67. The van der Waals surface area contributed by atoms with E-state index in [9.17, 15) is 0 Å². The molecule has 1 aromatic rings. The molecular formula is C27H50O2Si. The quantitative estimate of drug-likeness (QED) is 0.180. The first kappa shape index (κ1) is 27.4. The Morgan fingerprint density at radius 3 is 1.93 bits per heavy atom. The lowest BCUT2D eigenvalue weighted by atomic mass is 10.0. The van der Waals surface area contributed by atoms with Crippen molar-refractivity contribution in [3.05, 3.63) is 35.9 Å². The van der Waals surface area contributed by atoms with Crippen molar-refractivity contribution in [2.24, 2.45) is 0 Å². The van der Waals surface area contributed by atoms with Gasteiger partial charge in [0.1, 0.15) is 0 Å². The molecule has 0 saturated carbocycles. The highest BCUT2D eigenvalue weighted by molar-refractivity contribution is 6.74. The molecule has 0 N–H and O–H groups in total. The molecule has 0 aliphatic heterocycles. The maximum atomic E-state index is 6.43. The third kappa shape index (κ3) is 12.3. The monoisotopic (exact) mass is 434 g/mol. The zero-order chi connectivity index (χ0) is 22.3. The second-order valence-corrected chi connectivity index (χ2v) is 15.2. The van der Waals surface area contributed by atoms with Crippen LogP contribution >= 0.6 is 0 Å². The SMILES string of the molecule is CCCCCCCCCCC[C@H](CCO[Si](C)(C)C(C)(C)C)OCc1ccccc1. The van der Waals surface area contributed by atoms with E-state index in [1.807, 2.05) is 0 Å². The molecule has 0 saturated heterocycles. The molecule has 0 unspecified atom stereocenters. The summed E-state index contributed by atoms with van der Waals surface area (Å²) in [7, 11) is -1.68. The van der Waals surface area contributed by atoms with Gasteiger partial charge < -0.3 is 9.16 Å². The Kier molecular flexibility index (Phi) is 13.9. The lowest BCUT2D eigenvalue weighted by Gasteiger charge is -2.36. The van der Waals surface area contributed by atoms with Gasteiger partial charge in [0.25, 0.3) is 0 Å². The normalized spacial score (nSPS) is 13.5. The maximum Gasteiger partial charge on any atom is 0.191 e. The van der Waals surface area contributed by atoms with E-state index in [-0.39, 0.29) is 5.04 Å². The van der Waals surface area contributed by atoms with E-state index < -0.39 is 8.32 Å². The molecule has 0 heterocycles. The minimum Gasteiger partial charge on any atom is -0.417 e. The van der Waals surface area contributed by atoms with Gasteiger partial charge >= 0.3 is 0 Å². The first-order valence-corrected chi connectivity index (χ1v) is 15.5. The van der Waals surface area contributed by atoms with Gasteiger partial charge in [0.15, 0.2) is 8.32 Å². The zero-order valence-electron chi connectivity index (χ0n) is 21.0. The largest absolute Gasteiger partial charge is 0.417 e. The lowest BCUT2D eigenvalue weighted by Crippen LogP contribution is -2.41. The van der Waals surface area contributed by atoms with E-state index >= 15 is 0 Å². The van der Waals surface area contributed by atoms with Gasteiger partial charge in [0.05, 0.1) is 12.7 Å². The molecule has 0 bridgehead atoms. The van der Waals surface area contributed by atoms with Crippen molar-refractivity contribution < 1.29 is 9.16 Å². The Balaban J connectivity index is 2.35. The van der Waals surface area contributed by atoms with Gasteiger partial charge in [-0.05, 0) is 36.5 Å². The van der Waals surface area contributed by atoms with Gasteiger partial charge in [-0.2, -0.15) is 0 Å². The minimum atomic E-state index is -1.68. The van der Waals surface area contributed by atoms with Crippen LogP contribution in [0, 0.1) is 0 Å². The Morgan fingerprint density at radius 2 is 1.37 bits per heavy atom. The average molecular weight is 435 g/mol. The van der Waals surface area contributed by atoms with Crippen molar-refractivity contribution in [1.82, 2.24) is 0 Å². The Hall–Kier alpha value is -0.643. The molecule has 1 aromatic carbocycles. The van der Waals surface area contributed by atoms with Gasteiger partial charge in [0, 0.05) is 6.61 Å². The summed E-state index contributed by atoms with van der Waals surface area (Å²) in [5.41, 5.74) is 1.26. The van der Waals surface area contributed by atoms with Crippen molar-refractivity contribution in [3.8, 4) is 0 Å². The van der Waals surface area contributed by atoms with Gasteiger partial charge in [-0.1, -0.05) is 116 Å². The average Bonchev–Trinajstić information content (AvgIpc) is 2.70. The van der Waals surface area contributed by atoms with Crippen LogP contribution in [0.25, 0.3) is 0 Å². The summed E-state index contributed by atoms with van der Waals surface area (Å²) in [6.07, 6.45) is 14.8. The van der Waals surface area contributed by atoms with Crippen LogP contribution in [0.5, 0.6) is 0 Å². The van der Waals surface area contributed by atoms with Crippen molar-refractivity contribution in [3.63, 3.8) is 0 Å². The van der Waals surface area contributed by atoms with Gasteiger partial charge in [-0.15, -0.1) is 0 Å². The van der Waals surface area contributed by atoms with Crippen molar-refractivity contribution in [1.29, 1.82) is 0 Å². The molecule has 0 amide bonds. The molecule has 1 rings (SSSR count). The summed E-state index contributed by atoms with van der Waals surface area (Å²) >= 11 is 0. The highest BCUT2D eigenvalue weighted by atomic mass is 28.4. The van der Waals surface area contributed by atoms with Gasteiger partial charge in [-0.3, -0.25) is 0 Å². The van der Waals surface area contributed by atoms with Crippen molar-refractivity contribution in [2.45, 2.75) is 129 Å². The summed E-state index contributed by atoms with van der Waals surface area (Å²) in [6, 6.07) is 10.6. The number of ether oxygens (including phenoxy) is 1. The number of benzene rings is 1. The molecule has 0 fully saturated rings. The number of unbranched alkanes of at least 4 members (excludes halogenated alkanes) is 8. The number of hydrogen-bond donors (Lipinski definition) is 0. The molecule has 0 aromatic heterocycles. The number of rotatable bonds is 17. The molecular weight excluding hydrogens is 384 g/mol. The summed E-state index contributed by atoms with van der Waals surface area (Å²) in [5.74, 6) is 0. The molecule has 0 spiro atoms. The fraction of sp³-hybridized carbons (Fsp3) is 0.778. The number of hydrogen-bond acceptors (Lipinski definition) is 2. The third-order valence-corrected chi connectivity index (χ3v) is 11.2. The summed E-state index contributed by atoms with van der Waals surface area (Å²) < 4.78 is 12.8. The Labute approximate surface area is 189 Å². The molecule has 3 heteroatoms. The summed E-state index contributed by atoms with van der Waals surface area (Å²) in [6.45, 7) is 15.4. The van der Waals surface area contributed by atoms with Crippen LogP contribution < -0.4 is 0 Å². The van der Waals surface area contributed by atoms with Gasteiger partial charge in [0.2, 0.25) is 0 Å². The van der Waals surface area contributed by atoms with E-state index in [0.717, 1.165) is 19.4 Å². The molecule has 0 aliphatic carbocycles. The minimum absolute atomic E-state index is 0.268. The van der Waals surface area contributed by atoms with Crippen LogP contribution in [-0.4, -0.2) is 21.0 Å². The van der Waals surface area contributed by atoms with Crippen LogP contribution in [-0.2, 0) is 15.8 Å². The summed E-state index contributed by atoms with van der Waals surface area (Å²) in [5, 5.41) is 0.268. The Morgan fingerprint density at radius 1 is 0.800 bits per heavy atom. The van der Waals surface area contributed by atoms with Gasteiger partial charge in [-0.25, -0.2) is 0 Å². The highest BCUT2D eigenvalue weighted by Crippen LogP contribution is 2.36. The predicted octanol–water partition coefficient (Wildman–Crippen LogP) is 8.90. The van der Waals surface area contributed by atoms with Crippen LogP contribution in [0.15, 0.2) is 30.3 Å². The highest BCUT2D eigenvalue weighted by Gasteiger charge is 2.37.